The van der Waals surface area contributed by atoms with Crippen molar-refractivity contribution in [2.75, 3.05) is 0 Å². The lowest BCUT2D eigenvalue weighted by atomic mass is 9.84. The highest BCUT2D eigenvalue weighted by Crippen LogP contribution is 2.29. The van der Waals surface area contributed by atoms with Gasteiger partial charge >= 0.3 is 0 Å². The summed E-state index contributed by atoms with van der Waals surface area (Å²) in [5.41, 5.74) is 1.08. The van der Waals surface area contributed by atoms with E-state index in [0.717, 1.165) is 11.5 Å². The van der Waals surface area contributed by atoms with Gasteiger partial charge in [-0.1, -0.05) is 31.4 Å². The highest BCUT2D eigenvalue weighted by atomic mass is 79.9. The Bertz CT molecular complexity index is 473. The molecule has 0 heterocycles. The summed E-state index contributed by atoms with van der Waals surface area (Å²) in [6.45, 7) is 2.89. The van der Waals surface area contributed by atoms with Gasteiger partial charge in [-0.05, 0) is 47.2 Å². The molecule has 0 saturated heterocycles. The maximum atomic E-state index is 10.9. The van der Waals surface area contributed by atoms with E-state index in [1.165, 1.54) is 38.2 Å². The molecular weight excluding hydrogens is 320 g/mol. The van der Waals surface area contributed by atoms with Crippen LogP contribution in [0.4, 0.5) is 5.69 Å². The van der Waals surface area contributed by atoms with Crippen LogP contribution in [0.15, 0.2) is 22.7 Å². The Morgan fingerprint density at radius 3 is 2.75 bits per heavy atom. The van der Waals surface area contributed by atoms with Gasteiger partial charge in [0.25, 0.3) is 5.69 Å². The molecule has 1 N–H and O–H groups in total. The minimum Gasteiger partial charge on any atom is -0.310 e. The molecule has 0 spiro atoms. The number of nitro groups is 1. The Labute approximate surface area is 128 Å². The Kier molecular flexibility index (Phi) is 5.54. The number of nitrogens with zero attached hydrogens (tertiary/aromatic N) is 1. The fraction of sp³-hybridized carbons (Fsp3) is 0.600. The summed E-state index contributed by atoms with van der Waals surface area (Å²) in [5, 5.41) is 14.4. The van der Waals surface area contributed by atoms with E-state index in [1.807, 2.05) is 6.07 Å². The molecule has 0 bridgehead atoms. The lowest BCUT2D eigenvalue weighted by molar-refractivity contribution is -0.385. The number of benzene rings is 1. The van der Waals surface area contributed by atoms with Crippen molar-refractivity contribution in [3.05, 3.63) is 38.3 Å². The monoisotopic (exact) mass is 340 g/mol. The Morgan fingerprint density at radius 1 is 1.40 bits per heavy atom. The second-order valence-electron chi connectivity index (χ2n) is 5.58. The summed E-state index contributed by atoms with van der Waals surface area (Å²) in [4.78, 5) is 10.6. The number of hydrogen-bond acceptors (Lipinski definition) is 3. The first kappa shape index (κ1) is 15.4. The van der Waals surface area contributed by atoms with Crippen LogP contribution in [0, 0.1) is 16.0 Å². The van der Waals surface area contributed by atoms with Crippen molar-refractivity contribution < 1.29 is 4.92 Å². The molecule has 20 heavy (non-hydrogen) atoms. The summed E-state index contributed by atoms with van der Waals surface area (Å²) < 4.78 is 0.591. The van der Waals surface area contributed by atoms with Crippen LogP contribution >= 0.6 is 15.9 Å². The number of halogens is 1. The highest BCUT2D eigenvalue weighted by molar-refractivity contribution is 9.10. The second-order valence-corrected chi connectivity index (χ2v) is 6.37. The van der Waals surface area contributed by atoms with Crippen molar-refractivity contribution in [2.24, 2.45) is 5.92 Å². The van der Waals surface area contributed by atoms with Crippen LogP contribution in [0.25, 0.3) is 0 Å². The average Bonchev–Trinajstić information content (AvgIpc) is 2.46. The van der Waals surface area contributed by atoms with Gasteiger partial charge < -0.3 is 5.32 Å². The van der Waals surface area contributed by atoms with Crippen molar-refractivity contribution in [3.8, 4) is 0 Å². The van der Waals surface area contributed by atoms with E-state index in [9.17, 15) is 10.1 Å². The van der Waals surface area contributed by atoms with Gasteiger partial charge in [-0.15, -0.1) is 0 Å². The minimum atomic E-state index is -0.349. The van der Waals surface area contributed by atoms with Crippen LogP contribution in [0.1, 0.15) is 44.6 Å². The SMILES string of the molecule is C[C@H](NCc1cccc([N+](=O)[O-])c1Br)C1CCCCC1. The van der Waals surface area contributed by atoms with E-state index in [4.69, 9.17) is 0 Å². The van der Waals surface area contributed by atoms with Crippen LogP contribution in [0.5, 0.6) is 0 Å². The predicted molar refractivity (Wildman–Crippen MR) is 83.7 cm³/mol. The highest BCUT2D eigenvalue weighted by Gasteiger charge is 2.20. The molecule has 0 aromatic heterocycles. The molecule has 1 atom stereocenters. The van der Waals surface area contributed by atoms with E-state index in [1.54, 1.807) is 6.07 Å². The fourth-order valence-electron chi connectivity index (χ4n) is 2.92. The van der Waals surface area contributed by atoms with E-state index in [2.05, 4.69) is 28.2 Å². The third kappa shape index (κ3) is 3.79. The molecule has 1 aromatic rings. The molecule has 1 aliphatic carbocycles. The lowest BCUT2D eigenvalue weighted by Crippen LogP contribution is -2.34. The van der Waals surface area contributed by atoms with Crippen molar-refractivity contribution in [1.29, 1.82) is 0 Å². The van der Waals surface area contributed by atoms with E-state index >= 15 is 0 Å². The van der Waals surface area contributed by atoms with Crippen LogP contribution < -0.4 is 5.32 Å². The summed E-state index contributed by atoms with van der Waals surface area (Å²) in [7, 11) is 0. The zero-order valence-corrected chi connectivity index (χ0v) is 13.4. The molecule has 2 rings (SSSR count). The first-order chi connectivity index (χ1) is 9.59. The maximum absolute atomic E-state index is 10.9. The Hall–Kier alpha value is -0.940. The van der Waals surface area contributed by atoms with Crippen molar-refractivity contribution in [1.82, 2.24) is 5.32 Å². The summed E-state index contributed by atoms with van der Waals surface area (Å²) in [6.07, 6.45) is 6.61. The number of nitrogens with one attached hydrogen (secondary N) is 1. The molecule has 1 fully saturated rings. The van der Waals surface area contributed by atoms with Crippen molar-refractivity contribution >= 4 is 21.6 Å². The zero-order chi connectivity index (χ0) is 14.5. The van der Waals surface area contributed by atoms with Crippen LogP contribution in [0.3, 0.4) is 0 Å². The molecule has 1 aromatic carbocycles. The third-order valence-electron chi connectivity index (χ3n) is 4.23. The van der Waals surface area contributed by atoms with Gasteiger partial charge in [0, 0.05) is 18.7 Å². The molecule has 110 valence electrons. The van der Waals surface area contributed by atoms with Crippen LogP contribution in [0.2, 0.25) is 0 Å². The van der Waals surface area contributed by atoms with Crippen LogP contribution in [-0.2, 0) is 6.54 Å². The normalized spacial score (nSPS) is 17.9. The molecule has 4 nitrogen and oxygen atoms in total. The van der Waals surface area contributed by atoms with Gasteiger partial charge in [0.05, 0.1) is 9.40 Å². The first-order valence-electron chi connectivity index (χ1n) is 7.24. The van der Waals surface area contributed by atoms with Crippen molar-refractivity contribution in [2.45, 2.75) is 51.6 Å². The predicted octanol–water partition coefficient (Wildman–Crippen LogP) is 4.42. The number of hydrogen-bond donors (Lipinski definition) is 1. The largest absolute Gasteiger partial charge is 0.310 e. The van der Waals surface area contributed by atoms with Gasteiger partial charge in [-0.3, -0.25) is 10.1 Å². The number of rotatable bonds is 5. The van der Waals surface area contributed by atoms with E-state index < -0.39 is 0 Å². The lowest BCUT2D eigenvalue weighted by Gasteiger charge is -2.28. The molecule has 0 aliphatic heterocycles. The van der Waals surface area contributed by atoms with Gasteiger partial charge in [0.15, 0.2) is 0 Å². The molecule has 5 heteroatoms. The third-order valence-corrected chi connectivity index (χ3v) is 5.14. The zero-order valence-electron chi connectivity index (χ0n) is 11.8. The quantitative estimate of drug-likeness (QED) is 0.637. The Balaban J connectivity index is 1.96. The maximum Gasteiger partial charge on any atom is 0.283 e. The summed E-state index contributed by atoms with van der Waals surface area (Å²) in [5.74, 6) is 0.737. The second kappa shape index (κ2) is 7.18. The minimum absolute atomic E-state index is 0.134. The fourth-order valence-corrected chi connectivity index (χ4v) is 3.46. The first-order valence-corrected chi connectivity index (χ1v) is 8.04. The molecular formula is C15H21BrN2O2. The molecule has 0 radical (unpaired) electrons. The number of nitro benzene ring substituents is 1. The average molecular weight is 341 g/mol. The summed E-state index contributed by atoms with van der Waals surface area (Å²) in [6, 6.07) is 5.66. The van der Waals surface area contributed by atoms with Gasteiger partial charge in [0.1, 0.15) is 0 Å². The summed E-state index contributed by atoms with van der Waals surface area (Å²) >= 11 is 3.35. The molecule has 0 amide bonds. The van der Waals surface area contributed by atoms with Crippen LogP contribution in [-0.4, -0.2) is 11.0 Å². The molecule has 1 saturated carbocycles. The standard InChI is InChI=1S/C15H21BrN2O2/c1-11(12-6-3-2-4-7-12)17-10-13-8-5-9-14(15(13)16)18(19)20/h5,8-9,11-12,17H,2-4,6-7,10H2,1H3/t11-/m0/s1. The smallest absolute Gasteiger partial charge is 0.283 e. The van der Waals surface area contributed by atoms with Crippen molar-refractivity contribution in [3.63, 3.8) is 0 Å². The topological polar surface area (TPSA) is 55.2 Å². The molecule has 1 aliphatic rings. The Morgan fingerprint density at radius 2 is 2.10 bits per heavy atom. The van der Waals surface area contributed by atoms with Gasteiger partial charge in [0.2, 0.25) is 0 Å². The van der Waals surface area contributed by atoms with E-state index in [0.29, 0.717) is 17.1 Å². The van der Waals surface area contributed by atoms with Gasteiger partial charge in [-0.25, -0.2) is 0 Å². The molecule has 0 unspecified atom stereocenters. The van der Waals surface area contributed by atoms with Gasteiger partial charge in [-0.2, -0.15) is 0 Å². The van der Waals surface area contributed by atoms with E-state index in [-0.39, 0.29) is 10.6 Å².